The molecular formula is C18H23NO3S. The number of aromatic hydroxyl groups is 1. The molecule has 0 heterocycles. The van der Waals surface area contributed by atoms with E-state index in [1.165, 1.54) is 6.07 Å². The predicted octanol–water partition coefficient (Wildman–Crippen LogP) is 4.04. The van der Waals surface area contributed by atoms with E-state index in [1.807, 2.05) is 34.6 Å². The highest BCUT2D eigenvalue weighted by Crippen LogP contribution is 2.31. The van der Waals surface area contributed by atoms with Gasteiger partial charge in [-0.2, -0.15) is 0 Å². The molecule has 2 N–H and O–H groups in total. The molecule has 4 nitrogen and oxygen atoms in total. The maximum absolute atomic E-state index is 12.9. The SMILES string of the molecule is Cc1ccc(NS(=O)(=O)c2c(C)c(C)c(C)c(C)c2C)cc1O. The Hall–Kier alpha value is -2.01. The molecule has 23 heavy (non-hydrogen) atoms. The number of anilines is 1. The largest absolute Gasteiger partial charge is 0.508 e. The van der Waals surface area contributed by atoms with Crippen LogP contribution in [0.5, 0.6) is 5.75 Å². The van der Waals surface area contributed by atoms with E-state index in [-0.39, 0.29) is 5.75 Å². The first kappa shape index (κ1) is 17.3. The summed E-state index contributed by atoms with van der Waals surface area (Å²) in [6, 6.07) is 4.75. The van der Waals surface area contributed by atoms with E-state index in [4.69, 9.17) is 0 Å². The summed E-state index contributed by atoms with van der Waals surface area (Å²) in [5.74, 6) is 0.0647. The summed E-state index contributed by atoms with van der Waals surface area (Å²) < 4.78 is 28.3. The Morgan fingerprint density at radius 3 is 1.78 bits per heavy atom. The molecular weight excluding hydrogens is 310 g/mol. The Kier molecular flexibility index (Phi) is 4.44. The van der Waals surface area contributed by atoms with E-state index in [2.05, 4.69) is 4.72 Å². The van der Waals surface area contributed by atoms with Crippen molar-refractivity contribution in [2.45, 2.75) is 46.4 Å². The van der Waals surface area contributed by atoms with Gasteiger partial charge in [-0.1, -0.05) is 6.07 Å². The van der Waals surface area contributed by atoms with Gasteiger partial charge in [-0.05, 0) is 81.0 Å². The minimum absolute atomic E-state index is 0.0647. The Morgan fingerprint density at radius 1 is 0.826 bits per heavy atom. The van der Waals surface area contributed by atoms with Gasteiger partial charge in [-0.3, -0.25) is 4.72 Å². The number of rotatable bonds is 3. The summed E-state index contributed by atoms with van der Waals surface area (Å²) >= 11 is 0. The molecule has 0 amide bonds. The zero-order chi connectivity index (χ0) is 17.5. The van der Waals surface area contributed by atoms with Crippen molar-refractivity contribution in [3.63, 3.8) is 0 Å². The second kappa shape index (κ2) is 5.89. The molecule has 0 saturated carbocycles. The van der Waals surface area contributed by atoms with Crippen LogP contribution in [-0.2, 0) is 10.0 Å². The second-order valence-corrected chi connectivity index (χ2v) is 7.68. The minimum Gasteiger partial charge on any atom is -0.508 e. The van der Waals surface area contributed by atoms with Crippen molar-refractivity contribution in [1.82, 2.24) is 0 Å². The molecule has 0 aromatic heterocycles. The van der Waals surface area contributed by atoms with Gasteiger partial charge in [0.25, 0.3) is 10.0 Å². The summed E-state index contributed by atoms with van der Waals surface area (Å²) in [5, 5.41) is 9.77. The molecule has 2 rings (SSSR count). The third-order valence-corrected chi connectivity index (χ3v) is 6.32. The summed E-state index contributed by atoms with van der Waals surface area (Å²) in [6.07, 6.45) is 0. The van der Waals surface area contributed by atoms with E-state index < -0.39 is 10.0 Å². The summed E-state index contributed by atoms with van der Waals surface area (Å²) in [6.45, 7) is 11.3. The van der Waals surface area contributed by atoms with Crippen molar-refractivity contribution in [2.24, 2.45) is 0 Å². The topological polar surface area (TPSA) is 66.4 Å². The van der Waals surface area contributed by atoms with Gasteiger partial charge in [0, 0.05) is 6.07 Å². The lowest BCUT2D eigenvalue weighted by molar-refractivity contribution is 0.471. The molecule has 2 aromatic rings. The number of phenolic OH excluding ortho intramolecular Hbond substituents is 1. The summed E-state index contributed by atoms with van der Waals surface area (Å²) in [5.41, 5.74) is 5.65. The molecule has 0 bridgehead atoms. The van der Waals surface area contributed by atoms with Crippen molar-refractivity contribution in [3.8, 4) is 5.75 Å². The molecule has 124 valence electrons. The van der Waals surface area contributed by atoms with Gasteiger partial charge < -0.3 is 5.11 Å². The van der Waals surface area contributed by atoms with Crippen molar-refractivity contribution in [1.29, 1.82) is 0 Å². The molecule has 5 heteroatoms. The molecule has 0 radical (unpaired) electrons. The van der Waals surface area contributed by atoms with Crippen LogP contribution in [0.4, 0.5) is 5.69 Å². The van der Waals surface area contributed by atoms with Crippen molar-refractivity contribution < 1.29 is 13.5 Å². The fourth-order valence-corrected chi connectivity index (χ4v) is 4.40. The predicted molar refractivity (Wildman–Crippen MR) is 93.8 cm³/mol. The standard InChI is InChI=1S/C18H23NO3S/c1-10-7-8-16(9-17(10)20)19-23(21,22)18-14(5)12(3)11(2)13(4)15(18)6/h7-9,19-20H,1-6H3. The highest BCUT2D eigenvalue weighted by molar-refractivity contribution is 7.92. The molecule has 0 aliphatic heterocycles. The van der Waals surface area contributed by atoms with Crippen LogP contribution in [0.15, 0.2) is 23.1 Å². The fraction of sp³-hybridized carbons (Fsp3) is 0.333. The average molecular weight is 333 g/mol. The van der Waals surface area contributed by atoms with Gasteiger partial charge >= 0.3 is 0 Å². The van der Waals surface area contributed by atoms with Crippen LogP contribution in [-0.4, -0.2) is 13.5 Å². The van der Waals surface area contributed by atoms with Crippen molar-refractivity contribution in [2.75, 3.05) is 4.72 Å². The lowest BCUT2D eigenvalue weighted by atomic mass is 9.95. The van der Waals surface area contributed by atoms with Crippen molar-refractivity contribution >= 4 is 15.7 Å². The Balaban J connectivity index is 2.58. The van der Waals surface area contributed by atoms with Crippen molar-refractivity contribution in [3.05, 3.63) is 51.6 Å². The van der Waals surface area contributed by atoms with Crippen LogP contribution in [0.3, 0.4) is 0 Å². The number of sulfonamides is 1. The van der Waals surface area contributed by atoms with Crippen LogP contribution >= 0.6 is 0 Å². The molecule has 0 fully saturated rings. The van der Waals surface area contributed by atoms with E-state index in [0.717, 1.165) is 27.8 Å². The molecule has 0 aliphatic rings. The zero-order valence-corrected chi connectivity index (χ0v) is 15.2. The number of phenols is 1. The average Bonchev–Trinajstić information content (AvgIpc) is 2.46. The monoisotopic (exact) mass is 333 g/mol. The molecule has 0 atom stereocenters. The Labute approximate surface area is 138 Å². The number of aryl methyl sites for hydroxylation is 1. The molecule has 0 saturated heterocycles. The van der Waals surface area contributed by atoms with E-state index >= 15 is 0 Å². The first-order chi connectivity index (χ1) is 10.6. The first-order valence-electron chi connectivity index (χ1n) is 7.45. The maximum atomic E-state index is 12.9. The molecule has 0 spiro atoms. The summed E-state index contributed by atoms with van der Waals surface area (Å²) in [7, 11) is -3.73. The van der Waals surface area contributed by atoms with Gasteiger partial charge in [-0.25, -0.2) is 8.42 Å². The van der Waals surface area contributed by atoms with E-state index in [1.54, 1.807) is 19.1 Å². The van der Waals surface area contributed by atoms with Crippen LogP contribution in [0.1, 0.15) is 33.4 Å². The quantitative estimate of drug-likeness (QED) is 0.891. The third-order valence-electron chi connectivity index (χ3n) is 4.66. The lowest BCUT2D eigenvalue weighted by Gasteiger charge is -2.19. The van der Waals surface area contributed by atoms with Crippen LogP contribution in [0.2, 0.25) is 0 Å². The second-order valence-electron chi connectivity index (χ2n) is 6.06. The van der Waals surface area contributed by atoms with Gasteiger partial charge in [-0.15, -0.1) is 0 Å². The Bertz CT molecular complexity index is 855. The minimum atomic E-state index is -3.73. The fourth-order valence-electron chi connectivity index (χ4n) is 2.75. The van der Waals surface area contributed by atoms with Crippen LogP contribution < -0.4 is 4.72 Å². The first-order valence-corrected chi connectivity index (χ1v) is 8.94. The normalized spacial score (nSPS) is 11.6. The molecule has 0 aliphatic carbocycles. The molecule has 0 unspecified atom stereocenters. The maximum Gasteiger partial charge on any atom is 0.262 e. The van der Waals surface area contributed by atoms with Gasteiger partial charge in [0.2, 0.25) is 0 Å². The van der Waals surface area contributed by atoms with Crippen LogP contribution in [0.25, 0.3) is 0 Å². The van der Waals surface area contributed by atoms with E-state index in [9.17, 15) is 13.5 Å². The number of benzene rings is 2. The zero-order valence-electron chi connectivity index (χ0n) is 14.4. The Morgan fingerprint density at radius 2 is 1.30 bits per heavy atom. The van der Waals surface area contributed by atoms with Gasteiger partial charge in [0.1, 0.15) is 5.75 Å². The third kappa shape index (κ3) is 3.06. The van der Waals surface area contributed by atoms with E-state index in [0.29, 0.717) is 16.1 Å². The smallest absolute Gasteiger partial charge is 0.262 e. The molecule has 2 aromatic carbocycles. The number of hydrogen-bond acceptors (Lipinski definition) is 3. The highest BCUT2D eigenvalue weighted by Gasteiger charge is 2.23. The van der Waals surface area contributed by atoms with Gasteiger partial charge in [0.05, 0.1) is 10.6 Å². The number of hydrogen-bond donors (Lipinski definition) is 2. The highest BCUT2D eigenvalue weighted by atomic mass is 32.2. The number of nitrogens with one attached hydrogen (secondary N) is 1. The lowest BCUT2D eigenvalue weighted by Crippen LogP contribution is -2.17. The van der Waals surface area contributed by atoms with Crippen LogP contribution in [0, 0.1) is 41.5 Å². The van der Waals surface area contributed by atoms with Gasteiger partial charge in [0.15, 0.2) is 0 Å². The summed E-state index contributed by atoms with van der Waals surface area (Å²) in [4.78, 5) is 0.318.